The van der Waals surface area contributed by atoms with Gasteiger partial charge in [0.1, 0.15) is 25.4 Å². The third kappa shape index (κ3) is 11.2. The van der Waals surface area contributed by atoms with Gasteiger partial charge in [-0.2, -0.15) is 0 Å². The van der Waals surface area contributed by atoms with Crippen molar-refractivity contribution in [2.45, 2.75) is 148 Å². The van der Waals surface area contributed by atoms with Crippen molar-refractivity contribution in [2.24, 2.45) is 0 Å². The molecule has 1 aromatic rings. The molecule has 1 aliphatic carbocycles. The number of carbonyl (C=O) groups is 7. The summed E-state index contributed by atoms with van der Waals surface area (Å²) in [4.78, 5) is 86.5. The van der Waals surface area contributed by atoms with Crippen molar-refractivity contribution >= 4 is 41.8 Å². The molecule has 2 aliphatic heterocycles. The second-order valence-electron chi connectivity index (χ2n) is 13.2. The average molecular weight is 770 g/mol. The maximum atomic E-state index is 12.7. The van der Waals surface area contributed by atoms with E-state index >= 15 is 0 Å². The fraction of sp³-hybridized carbons (Fsp3) is 0.735. The summed E-state index contributed by atoms with van der Waals surface area (Å²) in [5.74, 6) is -8.17. The van der Waals surface area contributed by atoms with Gasteiger partial charge in [-0.1, -0.05) is 24.5 Å². The molecule has 1 aromatic heterocycles. The van der Waals surface area contributed by atoms with Crippen molar-refractivity contribution in [2.75, 3.05) is 13.2 Å². The fourth-order valence-electron chi connectivity index (χ4n) is 6.74. The first-order valence-electron chi connectivity index (χ1n) is 17.5. The van der Waals surface area contributed by atoms with Crippen molar-refractivity contribution in [1.29, 1.82) is 0 Å². The molecule has 20 heteroatoms. The van der Waals surface area contributed by atoms with Gasteiger partial charge in [-0.3, -0.25) is 33.6 Å². The van der Waals surface area contributed by atoms with Crippen LogP contribution < -0.4 is 0 Å². The largest absolute Gasteiger partial charge is 0.463 e. The minimum absolute atomic E-state index is 0.140. The Bertz CT molecular complexity index is 1540. The van der Waals surface area contributed by atoms with E-state index in [0.717, 1.165) is 86.3 Å². The maximum absolute atomic E-state index is 12.7. The van der Waals surface area contributed by atoms with Gasteiger partial charge in [0, 0.05) is 60.6 Å². The van der Waals surface area contributed by atoms with Crippen LogP contribution in [0.4, 0.5) is 0 Å². The number of rotatable bonds is 14. The van der Waals surface area contributed by atoms with Gasteiger partial charge in [-0.05, 0) is 12.8 Å². The molecular weight excluding hydrogens is 722 g/mol. The van der Waals surface area contributed by atoms with E-state index in [1.54, 1.807) is 6.20 Å². The Hall–Kier alpha value is -4.69. The van der Waals surface area contributed by atoms with E-state index in [9.17, 15) is 33.6 Å². The van der Waals surface area contributed by atoms with Crippen LogP contribution in [0.15, 0.2) is 6.20 Å². The number of nitrogens with zero attached hydrogens (tertiary/aromatic N) is 3. The van der Waals surface area contributed by atoms with Crippen molar-refractivity contribution in [3.8, 4) is 0 Å². The minimum Gasteiger partial charge on any atom is -0.463 e. The molecule has 300 valence electrons. The molecule has 0 amide bonds. The summed E-state index contributed by atoms with van der Waals surface area (Å²) in [7, 11) is 0. The summed E-state index contributed by atoms with van der Waals surface area (Å²) < 4.78 is 58.8. The molecule has 0 spiro atoms. The molecule has 0 bridgehead atoms. The van der Waals surface area contributed by atoms with Crippen LogP contribution in [0.5, 0.6) is 0 Å². The zero-order chi connectivity index (χ0) is 39.7. The van der Waals surface area contributed by atoms with Crippen LogP contribution in [-0.2, 0) is 87.5 Å². The molecule has 3 heterocycles. The highest BCUT2D eigenvalue weighted by atomic mass is 16.8. The van der Waals surface area contributed by atoms with Crippen LogP contribution in [0.3, 0.4) is 0 Å². The highest BCUT2D eigenvalue weighted by molar-refractivity contribution is 5.69. The Morgan fingerprint density at radius 1 is 0.685 bits per heavy atom. The average Bonchev–Trinajstić information content (AvgIpc) is 3.64. The van der Waals surface area contributed by atoms with E-state index in [2.05, 4.69) is 10.3 Å². The third-order valence-electron chi connectivity index (χ3n) is 8.73. The Kier molecular flexibility index (Phi) is 14.5. The molecule has 54 heavy (non-hydrogen) atoms. The smallest absolute Gasteiger partial charge is 0.303 e. The van der Waals surface area contributed by atoms with Gasteiger partial charge in [0.15, 0.2) is 30.5 Å². The molecule has 20 nitrogen and oxygen atoms in total. The summed E-state index contributed by atoms with van der Waals surface area (Å²) in [5.41, 5.74) is 0.758. The molecule has 3 aliphatic rings. The number of hydrogen-bond donors (Lipinski definition) is 0. The zero-order valence-corrected chi connectivity index (χ0v) is 31.2. The van der Waals surface area contributed by atoms with Crippen LogP contribution in [0.1, 0.15) is 92.2 Å². The zero-order valence-electron chi connectivity index (χ0n) is 31.2. The molecule has 1 saturated carbocycles. The molecule has 9 atom stereocenters. The lowest BCUT2D eigenvalue weighted by Gasteiger charge is -2.46. The van der Waals surface area contributed by atoms with Crippen molar-refractivity contribution < 1.29 is 80.9 Å². The quantitative estimate of drug-likeness (QED) is 0.189. The first-order chi connectivity index (χ1) is 25.5. The van der Waals surface area contributed by atoms with E-state index < -0.39 is 110 Å². The molecule has 3 fully saturated rings. The van der Waals surface area contributed by atoms with E-state index in [4.69, 9.17) is 47.4 Å². The lowest BCUT2D eigenvalue weighted by atomic mass is 9.87. The first kappa shape index (κ1) is 42.1. The Labute approximate surface area is 310 Å². The fourth-order valence-corrected chi connectivity index (χ4v) is 6.74. The van der Waals surface area contributed by atoms with Gasteiger partial charge in [0.25, 0.3) is 0 Å². The van der Waals surface area contributed by atoms with E-state index in [1.807, 2.05) is 0 Å². The Morgan fingerprint density at radius 2 is 1.24 bits per heavy atom. The molecule has 0 N–H and O–H groups in total. The van der Waals surface area contributed by atoms with Gasteiger partial charge in [-0.25, -0.2) is 4.68 Å². The predicted octanol–water partition coefficient (Wildman–Crippen LogP) is 0.947. The van der Waals surface area contributed by atoms with Crippen LogP contribution in [0.2, 0.25) is 0 Å². The molecule has 0 aromatic carbocycles. The van der Waals surface area contributed by atoms with Gasteiger partial charge in [-0.15, -0.1) is 5.10 Å². The standard InChI is InChI=1S/C34H47N3O17/c1-17(38)45-15-27-28(47-19(3)40)30(49-21(5)42)31(50-22(6)43)33(52-27)54-34(16-46-18(2)39)32(51-23(7)44)29(48-20(4)41)26(53-34)14-37-13-25(35-36-37)24-11-9-8-10-12-24/h13,24,26-33H,8-12,14-16H2,1-7H3/t26-,27-,28-,29-,30+,31-,32+,33-,34+/m1/s1. The maximum Gasteiger partial charge on any atom is 0.303 e. The summed E-state index contributed by atoms with van der Waals surface area (Å²) in [6.45, 7) is 5.95. The number of esters is 7. The van der Waals surface area contributed by atoms with Crippen LogP contribution in [0, 0.1) is 0 Å². The highest BCUT2D eigenvalue weighted by Gasteiger charge is 2.64. The topological polar surface area (TPSA) is 242 Å². The first-order valence-corrected chi connectivity index (χ1v) is 17.5. The Morgan fingerprint density at radius 3 is 1.81 bits per heavy atom. The van der Waals surface area contributed by atoms with Gasteiger partial charge < -0.3 is 47.4 Å². The van der Waals surface area contributed by atoms with Crippen molar-refractivity contribution in [3.63, 3.8) is 0 Å². The van der Waals surface area contributed by atoms with E-state index in [1.165, 1.54) is 4.68 Å². The monoisotopic (exact) mass is 769 g/mol. The van der Waals surface area contributed by atoms with Crippen molar-refractivity contribution in [3.05, 3.63) is 11.9 Å². The van der Waals surface area contributed by atoms with Crippen LogP contribution >= 0.6 is 0 Å². The lowest BCUT2D eigenvalue weighted by molar-refractivity contribution is -0.384. The lowest BCUT2D eigenvalue weighted by Crippen LogP contribution is -2.65. The molecule has 2 saturated heterocycles. The summed E-state index contributed by atoms with van der Waals surface area (Å²) in [5, 5.41) is 8.59. The number of aromatic nitrogens is 3. The SMILES string of the molecule is CC(=O)OC[C@H]1O[C@H](O[C@]2(COC(C)=O)O[C@H](Cn3cc(C4CCCCC4)nn3)[C@@H](OC(C)=O)[C@@H]2OC(C)=O)[C@H](OC(C)=O)[C@@H](OC(C)=O)[C@@H]1OC(C)=O. The van der Waals surface area contributed by atoms with Crippen LogP contribution in [0.25, 0.3) is 0 Å². The molecule has 4 rings (SSSR count). The van der Waals surface area contributed by atoms with Crippen molar-refractivity contribution in [1.82, 2.24) is 15.0 Å². The summed E-state index contributed by atoms with van der Waals surface area (Å²) in [6, 6.07) is 0. The highest BCUT2D eigenvalue weighted by Crippen LogP contribution is 2.42. The van der Waals surface area contributed by atoms with Crippen LogP contribution in [-0.4, -0.2) is 125 Å². The second kappa shape index (κ2) is 18.6. The van der Waals surface area contributed by atoms with E-state index in [0.29, 0.717) is 0 Å². The molecule has 0 radical (unpaired) electrons. The Balaban J connectivity index is 1.82. The number of carbonyl (C=O) groups excluding carboxylic acids is 7. The molecular formula is C34H47N3O17. The minimum atomic E-state index is -2.40. The number of hydrogen-bond acceptors (Lipinski definition) is 19. The second-order valence-corrected chi connectivity index (χ2v) is 13.2. The predicted molar refractivity (Wildman–Crippen MR) is 174 cm³/mol. The van der Waals surface area contributed by atoms with Gasteiger partial charge in [0.05, 0.1) is 12.2 Å². The van der Waals surface area contributed by atoms with E-state index in [-0.39, 0.29) is 12.5 Å². The summed E-state index contributed by atoms with van der Waals surface area (Å²) >= 11 is 0. The third-order valence-corrected chi connectivity index (χ3v) is 8.73. The van der Waals surface area contributed by atoms with Gasteiger partial charge >= 0.3 is 41.8 Å². The molecule has 0 unspecified atom stereocenters. The van der Waals surface area contributed by atoms with Gasteiger partial charge in [0.2, 0.25) is 12.1 Å². The number of ether oxygens (including phenoxy) is 10. The summed E-state index contributed by atoms with van der Waals surface area (Å²) in [6.07, 6.45) is -5.75. The normalized spacial score (nSPS) is 29.7.